The number of rotatable bonds is 7. The number of hydrogen-bond donors (Lipinski definition) is 0. The average molecular weight is 540 g/mol. The van der Waals surface area contributed by atoms with E-state index in [1.165, 1.54) is 31.1 Å². The van der Waals surface area contributed by atoms with Gasteiger partial charge in [0.1, 0.15) is 12.1 Å². The first-order chi connectivity index (χ1) is 15.6. The third-order valence-corrected chi connectivity index (χ3v) is 8.02. The number of ether oxygens (including phenoxy) is 1. The first kappa shape index (κ1) is 24.8. The van der Waals surface area contributed by atoms with E-state index in [4.69, 9.17) is 4.74 Å². The number of hydrogen-bond acceptors (Lipinski definition) is 7. The zero-order valence-electron chi connectivity index (χ0n) is 17.9. The van der Waals surface area contributed by atoms with Crippen molar-refractivity contribution >= 4 is 43.5 Å². The van der Waals surface area contributed by atoms with Crippen LogP contribution in [-0.2, 0) is 30.8 Å². The minimum atomic E-state index is -4.34. The van der Waals surface area contributed by atoms with Crippen molar-refractivity contribution in [3.63, 3.8) is 0 Å². The Hall–Kier alpha value is -2.83. The number of sulfonamides is 1. The molecule has 0 bridgehead atoms. The molecule has 0 spiro atoms. The Balaban J connectivity index is 1.89. The van der Waals surface area contributed by atoms with Crippen LogP contribution in [0.25, 0.3) is 0 Å². The second kappa shape index (κ2) is 9.98. The Bertz CT molecular complexity index is 1170. The van der Waals surface area contributed by atoms with Gasteiger partial charge in [-0.2, -0.15) is 4.31 Å². The number of carbonyl (C=O) groups excluding carboxylic acids is 2. The molecule has 10 nitrogen and oxygen atoms in total. The maximum atomic E-state index is 13.2. The van der Waals surface area contributed by atoms with Crippen LogP contribution in [0, 0.1) is 10.1 Å². The van der Waals surface area contributed by atoms with Gasteiger partial charge in [0.15, 0.2) is 4.90 Å². The van der Waals surface area contributed by atoms with Gasteiger partial charge in [0, 0.05) is 30.0 Å². The van der Waals surface area contributed by atoms with Gasteiger partial charge in [-0.25, -0.2) is 13.2 Å². The SMILES string of the molecule is COC(=O)[C@H](Cc1ccc(Br)cc1)N1CCN(S(=O)(=O)c2ccccc2[N+](=O)[O-])[C@@H](C)C1=O. The number of methoxy groups -OCH3 is 1. The van der Waals surface area contributed by atoms with Gasteiger partial charge < -0.3 is 9.64 Å². The van der Waals surface area contributed by atoms with Crippen molar-refractivity contribution in [3.8, 4) is 0 Å². The molecule has 0 N–H and O–H groups in total. The van der Waals surface area contributed by atoms with E-state index in [1.54, 1.807) is 0 Å². The summed E-state index contributed by atoms with van der Waals surface area (Å²) in [6.45, 7) is 1.20. The summed E-state index contributed by atoms with van der Waals surface area (Å²) in [6.07, 6.45) is 0.190. The van der Waals surface area contributed by atoms with E-state index in [0.717, 1.165) is 26.5 Å². The maximum absolute atomic E-state index is 13.2. The summed E-state index contributed by atoms with van der Waals surface area (Å²) in [5.41, 5.74) is 0.228. The molecule has 12 heteroatoms. The molecule has 0 aromatic heterocycles. The molecule has 1 heterocycles. The number of piperazine rings is 1. The first-order valence-corrected chi connectivity index (χ1v) is 12.2. The fraction of sp³-hybridized carbons (Fsp3) is 0.333. The number of halogens is 1. The smallest absolute Gasteiger partial charge is 0.328 e. The molecular formula is C21H22BrN3O7S. The van der Waals surface area contributed by atoms with Crippen LogP contribution in [-0.4, -0.2) is 66.7 Å². The molecule has 2 aromatic rings. The Morgan fingerprint density at radius 1 is 1.21 bits per heavy atom. The van der Waals surface area contributed by atoms with Gasteiger partial charge in [0.2, 0.25) is 5.91 Å². The maximum Gasteiger partial charge on any atom is 0.328 e. The highest BCUT2D eigenvalue weighted by Crippen LogP contribution is 2.30. The lowest BCUT2D eigenvalue weighted by molar-refractivity contribution is -0.387. The van der Waals surface area contributed by atoms with E-state index in [9.17, 15) is 28.1 Å². The van der Waals surface area contributed by atoms with E-state index in [1.807, 2.05) is 24.3 Å². The summed E-state index contributed by atoms with van der Waals surface area (Å²) in [6, 6.07) is 10.1. The Kier molecular flexibility index (Phi) is 7.50. The Morgan fingerprint density at radius 2 is 1.85 bits per heavy atom. The van der Waals surface area contributed by atoms with Crippen LogP contribution in [0.2, 0.25) is 0 Å². The summed E-state index contributed by atoms with van der Waals surface area (Å²) >= 11 is 3.35. The summed E-state index contributed by atoms with van der Waals surface area (Å²) in [5.74, 6) is -1.20. The average Bonchev–Trinajstić information content (AvgIpc) is 2.80. The molecule has 1 fully saturated rings. The summed E-state index contributed by atoms with van der Waals surface area (Å²) in [7, 11) is -3.11. The van der Waals surface area contributed by atoms with E-state index in [2.05, 4.69) is 15.9 Å². The summed E-state index contributed by atoms with van der Waals surface area (Å²) in [4.78, 5) is 37.1. The lowest BCUT2D eigenvalue weighted by Crippen LogP contribution is -2.61. The minimum Gasteiger partial charge on any atom is -0.467 e. The highest BCUT2D eigenvalue weighted by molar-refractivity contribution is 9.10. The first-order valence-electron chi connectivity index (χ1n) is 9.96. The second-order valence-electron chi connectivity index (χ2n) is 7.42. The molecule has 0 aliphatic carbocycles. The number of nitro benzene ring substituents is 1. The standard InChI is InChI=1S/C21H22BrN3O7S/c1-14-20(26)23(18(21(27)32-2)13-15-7-9-16(22)10-8-15)11-12-24(14)33(30,31)19-6-4-3-5-17(19)25(28)29/h3-10,14,18H,11-13H2,1-2H3/t14-,18-/m0/s1. The highest BCUT2D eigenvalue weighted by Gasteiger charge is 2.44. The van der Waals surface area contributed by atoms with Crippen LogP contribution in [0.1, 0.15) is 12.5 Å². The van der Waals surface area contributed by atoms with Gasteiger partial charge in [-0.1, -0.05) is 40.2 Å². The zero-order chi connectivity index (χ0) is 24.3. The van der Waals surface area contributed by atoms with Crippen LogP contribution < -0.4 is 0 Å². The number of nitro groups is 1. The molecule has 1 aliphatic heterocycles. The fourth-order valence-corrected chi connectivity index (χ4v) is 5.77. The lowest BCUT2D eigenvalue weighted by atomic mass is 10.0. The molecule has 1 aliphatic rings. The summed E-state index contributed by atoms with van der Waals surface area (Å²) < 4.78 is 33.1. The van der Waals surface area contributed by atoms with Gasteiger partial charge >= 0.3 is 5.97 Å². The van der Waals surface area contributed by atoms with Crippen LogP contribution in [0.15, 0.2) is 57.9 Å². The quantitative estimate of drug-likeness (QED) is 0.300. The molecule has 3 rings (SSSR count). The Morgan fingerprint density at radius 3 is 2.45 bits per heavy atom. The lowest BCUT2D eigenvalue weighted by Gasteiger charge is -2.41. The monoisotopic (exact) mass is 539 g/mol. The predicted molar refractivity (Wildman–Crippen MR) is 122 cm³/mol. The summed E-state index contributed by atoms with van der Waals surface area (Å²) in [5, 5.41) is 11.3. The van der Waals surface area contributed by atoms with Gasteiger partial charge in [-0.15, -0.1) is 0 Å². The largest absolute Gasteiger partial charge is 0.467 e. The molecule has 1 amide bonds. The van der Waals surface area contributed by atoms with Crippen molar-refractivity contribution in [1.82, 2.24) is 9.21 Å². The van der Waals surface area contributed by atoms with Gasteiger partial charge in [-0.3, -0.25) is 14.9 Å². The molecule has 2 atom stereocenters. The molecular weight excluding hydrogens is 518 g/mol. The van der Waals surface area contributed by atoms with Gasteiger partial charge in [0.05, 0.1) is 12.0 Å². The number of esters is 1. The van der Waals surface area contributed by atoms with Crippen LogP contribution >= 0.6 is 15.9 Å². The molecule has 2 aromatic carbocycles. The van der Waals surface area contributed by atoms with E-state index >= 15 is 0 Å². The number of amides is 1. The second-order valence-corrected chi connectivity index (χ2v) is 10.2. The molecule has 33 heavy (non-hydrogen) atoms. The highest BCUT2D eigenvalue weighted by atomic mass is 79.9. The van der Waals surface area contributed by atoms with Crippen LogP contribution in [0.5, 0.6) is 0 Å². The predicted octanol–water partition coefficient (Wildman–Crippen LogP) is 2.36. The zero-order valence-corrected chi connectivity index (χ0v) is 20.3. The Labute approximate surface area is 199 Å². The number of nitrogens with zero attached hydrogens (tertiary/aromatic N) is 3. The van der Waals surface area contributed by atoms with Gasteiger partial charge in [-0.05, 0) is 30.7 Å². The van der Waals surface area contributed by atoms with Crippen molar-refractivity contribution < 1.29 is 27.7 Å². The molecule has 0 radical (unpaired) electrons. The van der Waals surface area contributed by atoms with E-state index in [-0.39, 0.29) is 19.5 Å². The van der Waals surface area contributed by atoms with E-state index in [0.29, 0.717) is 0 Å². The fourth-order valence-electron chi connectivity index (χ4n) is 3.76. The molecule has 176 valence electrons. The van der Waals surface area contributed by atoms with Gasteiger partial charge in [0.25, 0.3) is 15.7 Å². The number of para-hydroxylation sites is 1. The van der Waals surface area contributed by atoms with Crippen LogP contribution in [0.4, 0.5) is 5.69 Å². The molecule has 0 saturated carbocycles. The topological polar surface area (TPSA) is 127 Å². The van der Waals surface area contributed by atoms with Crippen molar-refractivity contribution in [2.24, 2.45) is 0 Å². The van der Waals surface area contributed by atoms with Crippen molar-refractivity contribution in [1.29, 1.82) is 0 Å². The van der Waals surface area contributed by atoms with Crippen molar-refractivity contribution in [3.05, 3.63) is 68.7 Å². The van der Waals surface area contributed by atoms with Crippen molar-refractivity contribution in [2.75, 3.05) is 20.2 Å². The third-order valence-electron chi connectivity index (χ3n) is 5.47. The number of benzene rings is 2. The minimum absolute atomic E-state index is 0.0701. The molecule has 1 saturated heterocycles. The third kappa shape index (κ3) is 5.07. The van der Waals surface area contributed by atoms with Crippen molar-refractivity contribution in [2.45, 2.75) is 30.3 Å². The van der Waals surface area contributed by atoms with Crippen LogP contribution in [0.3, 0.4) is 0 Å². The number of carbonyl (C=O) groups is 2. The van der Waals surface area contributed by atoms with E-state index < -0.39 is 49.5 Å². The normalized spacial score (nSPS) is 18.1. The molecule has 0 unspecified atom stereocenters.